The number of hydrogen-bond acceptors (Lipinski definition) is 4. The van der Waals surface area contributed by atoms with E-state index in [2.05, 4.69) is 20.8 Å². The number of carbonyl (C=O) groups is 2. The molecule has 0 radical (unpaired) electrons. The maximum atomic E-state index is 12.7. The highest BCUT2D eigenvalue weighted by Gasteiger charge is 2.21. The molecule has 30 heavy (non-hydrogen) atoms. The summed E-state index contributed by atoms with van der Waals surface area (Å²) in [5.41, 5.74) is 0.591. The van der Waals surface area contributed by atoms with Crippen LogP contribution in [0.4, 0.5) is 0 Å². The van der Waals surface area contributed by atoms with E-state index >= 15 is 0 Å². The van der Waals surface area contributed by atoms with Crippen molar-refractivity contribution in [2.45, 2.75) is 104 Å². The van der Waals surface area contributed by atoms with Gasteiger partial charge in [-0.1, -0.05) is 84.8 Å². The van der Waals surface area contributed by atoms with Crippen LogP contribution in [0.3, 0.4) is 0 Å². The standard InChI is InChI=1S/C26H42O4/c1-5-7-11-17-22(6-2)30-26(28)24-19-14-13-18-23(24)25(27)29-20-15-10-8-9-12-16-21(3)4/h13-14,18-19,21-22H,5-12,15-17,20H2,1-4H3. The third-order valence-corrected chi connectivity index (χ3v) is 5.38. The number of esters is 2. The van der Waals surface area contributed by atoms with Crippen molar-refractivity contribution in [3.63, 3.8) is 0 Å². The van der Waals surface area contributed by atoms with E-state index in [1.54, 1.807) is 24.3 Å². The molecule has 0 spiro atoms. The normalized spacial score (nSPS) is 12.0. The number of rotatable bonds is 16. The number of hydrogen-bond donors (Lipinski definition) is 0. The van der Waals surface area contributed by atoms with Crippen molar-refractivity contribution in [1.82, 2.24) is 0 Å². The Labute approximate surface area is 183 Å². The molecule has 0 saturated carbocycles. The predicted octanol–water partition coefficient (Wildman–Crippen LogP) is 7.36. The van der Waals surface area contributed by atoms with Crippen LogP contribution in [0.5, 0.6) is 0 Å². The van der Waals surface area contributed by atoms with Gasteiger partial charge in [-0.3, -0.25) is 0 Å². The van der Waals surface area contributed by atoms with E-state index in [9.17, 15) is 9.59 Å². The first-order valence-electron chi connectivity index (χ1n) is 12.0. The first-order valence-corrected chi connectivity index (χ1v) is 12.0. The molecule has 0 aliphatic heterocycles. The largest absolute Gasteiger partial charge is 0.462 e. The molecule has 0 amide bonds. The van der Waals surface area contributed by atoms with Gasteiger partial charge >= 0.3 is 11.9 Å². The second-order valence-corrected chi connectivity index (χ2v) is 8.56. The SMILES string of the molecule is CCCCCC(CC)OC(=O)c1ccccc1C(=O)OCCCCCCCC(C)C. The molecule has 1 atom stereocenters. The van der Waals surface area contributed by atoms with Gasteiger partial charge in [-0.25, -0.2) is 9.59 Å². The van der Waals surface area contributed by atoms with Crippen LogP contribution in [-0.4, -0.2) is 24.6 Å². The van der Waals surface area contributed by atoms with E-state index in [4.69, 9.17) is 9.47 Å². The minimum Gasteiger partial charge on any atom is -0.462 e. The quantitative estimate of drug-likeness (QED) is 0.208. The molecule has 1 unspecified atom stereocenters. The minimum atomic E-state index is -0.443. The van der Waals surface area contributed by atoms with Gasteiger partial charge in [-0.05, 0) is 43.7 Å². The molecule has 0 aliphatic rings. The molecule has 0 fully saturated rings. The zero-order chi connectivity index (χ0) is 22.2. The molecule has 1 aromatic carbocycles. The van der Waals surface area contributed by atoms with Gasteiger partial charge in [0.25, 0.3) is 0 Å². The lowest BCUT2D eigenvalue weighted by atomic mass is 10.0. The molecule has 0 aliphatic carbocycles. The Morgan fingerprint density at radius 3 is 2.03 bits per heavy atom. The number of ether oxygens (including phenoxy) is 2. The van der Waals surface area contributed by atoms with E-state index in [0.29, 0.717) is 17.7 Å². The van der Waals surface area contributed by atoms with Crippen LogP contribution in [0.15, 0.2) is 24.3 Å². The number of unbranched alkanes of at least 4 members (excludes halogenated alkanes) is 6. The average molecular weight is 419 g/mol. The van der Waals surface area contributed by atoms with Gasteiger partial charge in [0, 0.05) is 0 Å². The highest BCUT2D eigenvalue weighted by Crippen LogP contribution is 2.17. The third kappa shape index (κ3) is 10.8. The van der Waals surface area contributed by atoms with Gasteiger partial charge < -0.3 is 9.47 Å². The van der Waals surface area contributed by atoms with E-state index in [1.165, 1.54) is 25.7 Å². The molecule has 4 nitrogen and oxygen atoms in total. The second-order valence-electron chi connectivity index (χ2n) is 8.56. The van der Waals surface area contributed by atoms with Crippen LogP contribution in [0.25, 0.3) is 0 Å². The zero-order valence-electron chi connectivity index (χ0n) is 19.6. The summed E-state index contributed by atoms with van der Waals surface area (Å²) in [6.45, 7) is 9.07. The molecule has 0 saturated heterocycles. The van der Waals surface area contributed by atoms with Crippen molar-refractivity contribution < 1.29 is 19.1 Å². The van der Waals surface area contributed by atoms with E-state index in [0.717, 1.165) is 50.9 Å². The molecular weight excluding hydrogens is 376 g/mol. The molecule has 1 rings (SSSR count). The highest BCUT2D eigenvalue weighted by molar-refractivity contribution is 6.03. The van der Waals surface area contributed by atoms with Crippen LogP contribution in [0.1, 0.15) is 119 Å². The maximum absolute atomic E-state index is 12.7. The van der Waals surface area contributed by atoms with Crippen molar-refractivity contribution in [2.24, 2.45) is 5.92 Å². The Balaban J connectivity index is 2.47. The summed E-state index contributed by atoms with van der Waals surface area (Å²) in [5.74, 6) is -0.112. The third-order valence-electron chi connectivity index (χ3n) is 5.38. The second kappa shape index (κ2) is 15.9. The van der Waals surface area contributed by atoms with Crippen LogP contribution in [0.2, 0.25) is 0 Å². The van der Waals surface area contributed by atoms with Gasteiger partial charge in [0.2, 0.25) is 0 Å². The summed E-state index contributed by atoms with van der Waals surface area (Å²) in [6.07, 6.45) is 11.7. The molecule has 0 aromatic heterocycles. The highest BCUT2D eigenvalue weighted by atomic mass is 16.5. The Morgan fingerprint density at radius 1 is 0.800 bits per heavy atom. The Morgan fingerprint density at radius 2 is 1.40 bits per heavy atom. The summed E-state index contributed by atoms with van der Waals surface area (Å²) in [5, 5.41) is 0. The smallest absolute Gasteiger partial charge is 0.339 e. The first-order chi connectivity index (χ1) is 14.5. The minimum absolute atomic E-state index is 0.108. The molecule has 0 bridgehead atoms. The van der Waals surface area contributed by atoms with E-state index in [1.807, 2.05) is 6.92 Å². The van der Waals surface area contributed by atoms with Crippen LogP contribution >= 0.6 is 0 Å². The van der Waals surface area contributed by atoms with Gasteiger partial charge in [0.1, 0.15) is 6.10 Å². The molecule has 4 heteroatoms. The fourth-order valence-electron chi connectivity index (χ4n) is 3.45. The fourth-order valence-corrected chi connectivity index (χ4v) is 3.45. The summed E-state index contributed by atoms with van der Waals surface area (Å²) >= 11 is 0. The van der Waals surface area contributed by atoms with Crippen LogP contribution in [-0.2, 0) is 9.47 Å². The lowest BCUT2D eigenvalue weighted by molar-refractivity contribution is 0.0258. The fraction of sp³-hybridized carbons (Fsp3) is 0.692. The van der Waals surface area contributed by atoms with Gasteiger partial charge in [-0.2, -0.15) is 0 Å². The lowest BCUT2D eigenvalue weighted by Gasteiger charge is -2.17. The molecular formula is C26H42O4. The van der Waals surface area contributed by atoms with Crippen molar-refractivity contribution in [3.8, 4) is 0 Å². The maximum Gasteiger partial charge on any atom is 0.339 e. The monoisotopic (exact) mass is 418 g/mol. The van der Waals surface area contributed by atoms with E-state index < -0.39 is 11.9 Å². The predicted molar refractivity (Wildman–Crippen MR) is 123 cm³/mol. The van der Waals surface area contributed by atoms with E-state index in [-0.39, 0.29) is 6.10 Å². The Bertz CT molecular complexity index is 609. The van der Waals surface area contributed by atoms with Crippen molar-refractivity contribution in [1.29, 1.82) is 0 Å². The Hall–Kier alpha value is -1.84. The zero-order valence-corrected chi connectivity index (χ0v) is 19.6. The van der Waals surface area contributed by atoms with Crippen LogP contribution < -0.4 is 0 Å². The summed E-state index contributed by atoms with van der Waals surface area (Å²) in [4.78, 5) is 25.2. The number of carbonyl (C=O) groups excluding carboxylic acids is 2. The van der Waals surface area contributed by atoms with Crippen molar-refractivity contribution >= 4 is 11.9 Å². The van der Waals surface area contributed by atoms with Gasteiger partial charge in [-0.15, -0.1) is 0 Å². The first kappa shape index (κ1) is 26.2. The lowest BCUT2D eigenvalue weighted by Crippen LogP contribution is -2.20. The molecule has 170 valence electrons. The van der Waals surface area contributed by atoms with Crippen LogP contribution in [0, 0.1) is 5.92 Å². The Kier molecular flexibility index (Phi) is 13.9. The van der Waals surface area contributed by atoms with Crippen molar-refractivity contribution in [3.05, 3.63) is 35.4 Å². The van der Waals surface area contributed by atoms with Gasteiger partial charge in [0.15, 0.2) is 0 Å². The molecule has 1 aromatic rings. The summed E-state index contributed by atoms with van der Waals surface area (Å²) in [7, 11) is 0. The number of benzene rings is 1. The summed E-state index contributed by atoms with van der Waals surface area (Å²) in [6, 6.07) is 6.79. The molecule has 0 heterocycles. The van der Waals surface area contributed by atoms with Gasteiger partial charge in [0.05, 0.1) is 17.7 Å². The topological polar surface area (TPSA) is 52.6 Å². The van der Waals surface area contributed by atoms with Crippen molar-refractivity contribution in [2.75, 3.05) is 6.61 Å². The summed E-state index contributed by atoms with van der Waals surface area (Å²) < 4.78 is 11.1. The average Bonchev–Trinajstić information content (AvgIpc) is 2.74. The molecule has 0 N–H and O–H groups in total.